The summed E-state index contributed by atoms with van der Waals surface area (Å²) in [6.07, 6.45) is 16.1. The number of rotatable bonds is 4. The topological polar surface area (TPSA) is 0 Å². The predicted octanol–water partition coefficient (Wildman–Crippen LogP) is 7.49. The molecule has 0 unspecified atom stereocenters. The van der Waals surface area contributed by atoms with Crippen molar-refractivity contribution in [1.29, 1.82) is 0 Å². The Labute approximate surface area is 206 Å². The monoisotopic (exact) mass is 510 g/mol. The quantitative estimate of drug-likeness (QED) is 0.271. The van der Waals surface area contributed by atoms with Crippen LogP contribution < -0.4 is 0 Å². The molecule has 0 fully saturated rings. The Bertz CT molecular complexity index is 489. The summed E-state index contributed by atoms with van der Waals surface area (Å²) in [5.74, 6) is 0. The number of hydrogen-bond donors (Lipinski definition) is 0. The van der Waals surface area contributed by atoms with Crippen molar-refractivity contribution in [3.63, 3.8) is 0 Å². The second kappa shape index (κ2) is 18.7. The van der Waals surface area contributed by atoms with Crippen molar-refractivity contribution in [3.8, 4) is 0 Å². The standard InChI is InChI=1S/2C10H17Si.2CH3.2ClH.H2Si.Ti/c2*1-5-9-6-7-10(8-9)11(2,3)4;;;;;;/h2*8H,5,7H2,1-4H3;2*1H3;2*1H;1H2;/q4*-1;;;;. The van der Waals surface area contributed by atoms with Crippen LogP contribution in [0.2, 0.25) is 39.3 Å². The van der Waals surface area contributed by atoms with Crippen LogP contribution in [0.4, 0.5) is 0 Å². The first kappa shape index (κ1) is 39.4. The van der Waals surface area contributed by atoms with Gasteiger partial charge in [-0.1, -0.05) is 66.0 Å². The zero-order valence-corrected chi connectivity index (χ0v) is 26.6. The van der Waals surface area contributed by atoms with Gasteiger partial charge in [0.15, 0.2) is 0 Å². The van der Waals surface area contributed by atoms with Crippen molar-refractivity contribution in [2.45, 2.75) is 78.8 Å². The van der Waals surface area contributed by atoms with E-state index in [2.05, 4.69) is 77.4 Å². The SMILES string of the molecule is CCC1=[C-]CC([Si](C)(C)C)=C1.CCC1=[C-]CC([Si](C)(C)C)=C1.Cl.Cl.[CH3-].[CH3-].[SiH2]=[Ti]. The molecule has 0 amide bonds. The number of hydrogen-bond acceptors (Lipinski definition) is 0. The van der Waals surface area contributed by atoms with Gasteiger partial charge in [-0.05, 0) is 0 Å². The Hall–Kier alpha value is 0.905. The summed E-state index contributed by atoms with van der Waals surface area (Å²) in [5, 5.41) is 3.32. The molecule has 0 aliphatic heterocycles. The van der Waals surface area contributed by atoms with Crippen molar-refractivity contribution in [2.75, 3.05) is 0 Å². The molecule has 0 aromatic carbocycles. The van der Waals surface area contributed by atoms with Gasteiger partial charge in [0.1, 0.15) is 0 Å². The molecule has 0 saturated carbocycles. The molecule has 166 valence electrons. The maximum atomic E-state index is 3.42. The summed E-state index contributed by atoms with van der Waals surface area (Å²) in [6.45, 7) is 18.8. The van der Waals surface area contributed by atoms with Gasteiger partial charge in [0.05, 0.1) is 16.1 Å². The van der Waals surface area contributed by atoms with Crippen molar-refractivity contribution < 1.29 is 19.2 Å². The molecule has 0 bridgehead atoms. The fourth-order valence-corrected chi connectivity index (χ4v) is 4.91. The van der Waals surface area contributed by atoms with E-state index in [-0.39, 0.29) is 39.7 Å². The molecule has 2 aliphatic rings. The van der Waals surface area contributed by atoms with E-state index in [1.165, 1.54) is 11.1 Å². The molecule has 0 spiro atoms. The van der Waals surface area contributed by atoms with Crippen molar-refractivity contribution in [3.05, 3.63) is 60.7 Å². The molecule has 0 aromatic rings. The van der Waals surface area contributed by atoms with Crippen LogP contribution in [-0.4, -0.2) is 23.8 Å². The summed E-state index contributed by atoms with van der Waals surface area (Å²) >= 11 is 2.03. The Morgan fingerprint density at radius 2 is 1.00 bits per heavy atom. The first-order valence-corrected chi connectivity index (χ1v) is 20.1. The molecule has 0 heterocycles. The number of halogens is 2. The predicted molar refractivity (Wildman–Crippen MR) is 142 cm³/mol. The van der Waals surface area contributed by atoms with Crippen LogP contribution in [0.15, 0.2) is 33.7 Å². The zero-order chi connectivity index (χ0) is 19.0. The van der Waals surface area contributed by atoms with E-state index in [1.54, 1.807) is 10.4 Å². The Balaban J connectivity index is -0.000000102. The molecular weight excluding hydrogens is 467 g/mol. The van der Waals surface area contributed by atoms with Crippen LogP contribution in [-0.2, 0) is 19.2 Å². The van der Waals surface area contributed by atoms with Gasteiger partial charge in [0.25, 0.3) is 0 Å². The molecular formula is C22H44Cl2Si3Ti-4. The Morgan fingerprint density at radius 1 is 0.750 bits per heavy atom. The molecule has 0 N–H and O–H groups in total. The van der Waals surface area contributed by atoms with Gasteiger partial charge in [0.2, 0.25) is 0 Å². The Kier molecular flexibility index (Phi) is 26.2. The number of allylic oxidation sites excluding steroid dienone is 8. The van der Waals surface area contributed by atoms with Crippen molar-refractivity contribution in [2.24, 2.45) is 0 Å². The minimum absolute atomic E-state index is 0. The van der Waals surface area contributed by atoms with Gasteiger partial charge in [-0.15, -0.1) is 37.7 Å². The van der Waals surface area contributed by atoms with Crippen LogP contribution in [0.3, 0.4) is 0 Å². The molecule has 28 heavy (non-hydrogen) atoms. The Morgan fingerprint density at radius 3 is 1.11 bits per heavy atom. The summed E-state index contributed by atoms with van der Waals surface area (Å²) in [4.78, 5) is 0. The maximum absolute atomic E-state index is 3.42. The third-order valence-corrected chi connectivity index (χ3v) is 8.89. The first-order chi connectivity index (χ1) is 11.1. The average molecular weight is 512 g/mol. The van der Waals surface area contributed by atoms with Gasteiger partial charge < -0.3 is 14.9 Å². The molecule has 6 heteroatoms. The molecule has 2 rings (SSSR count). The van der Waals surface area contributed by atoms with Crippen molar-refractivity contribution >= 4 is 48.6 Å². The van der Waals surface area contributed by atoms with Crippen LogP contribution in [0.25, 0.3) is 0 Å². The summed E-state index contributed by atoms with van der Waals surface area (Å²) in [5.41, 5.74) is 2.84. The van der Waals surface area contributed by atoms with E-state index in [9.17, 15) is 0 Å². The van der Waals surface area contributed by atoms with Crippen LogP contribution in [0.1, 0.15) is 39.5 Å². The molecule has 0 aromatic heterocycles. The third kappa shape index (κ3) is 14.8. The van der Waals surface area contributed by atoms with Gasteiger partial charge in [-0.2, -0.15) is 10.4 Å². The van der Waals surface area contributed by atoms with E-state index in [0.717, 1.165) is 25.7 Å². The summed E-state index contributed by atoms with van der Waals surface area (Å²) in [7, 11) is -0.148. The minimum atomic E-state index is -1.00. The third-order valence-electron chi connectivity index (χ3n) is 4.40. The summed E-state index contributed by atoms with van der Waals surface area (Å²) in [6, 6.07) is 0. The van der Waals surface area contributed by atoms with Crippen LogP contribution in [0.5, 0.6) is 0 Å². The average Bonchev–Trinajstić information content (AvgIpc) is 3.18. The van der Waals surface area contributed by atoms with E-state index in [0.29, 0.717) is 0 Å². The van der Waals surface area contributed by atoms with Crippen molar-refractivity contribution in [1.82, 2.24) is 0 Å². The summed E-state index contributed by atoms with van der Waals surface area (Å²) < 4.78 is 0. The van der Waals surface area contributed by atoms with E-state index in [4.69, 9.17) is 0 Å². The first-order valence-electron chi connectivity index (χ1n) is 9.04. The van der Waals surface area contributed by atoms with E-state index < -0.39 is 16.1 Å². The van der Waals surface area contributed by atoms with Gasteiger partial charge in [-0.25, -0.2) is 23.3 Å². The van der Waals surface area contributed by atoms with Gasteiger partial charge in [0, 0.05) is 0 Å². The normalized spacial score (nSPS) is 14.4. The van der Waals surface area contributed by atoms with Gasteiger partial charge in [-0.3, -0.25) is 12.2 Å². The van der Waals surface area contributed by atoms with E-state index >= 15 is 0 Å². The van der Waals surface area contributed by atoms with Crippen LogP contribution in [0, 0.1) is 27.0 Å². The molecule has 2 aliphatic carbocycles. The van der Waals surface area contributed by atoms with Crippen LogP contribution >= 0.6 is 24.8 Å². The molecule has 0 saturated heterocycles. The van der Waals surface area contributed by atoms with Gasteiger partial charge >= 0.3 is 26.8 Å². The molecule has 0 atom stereocenters. The fraction of sp³-hybridized carbons (Fsp3) is 0.545. The molecule has 0 radical (unpaired) electrons. The second-order valence-corrected chi connectivity index (χ2v) is 18.6. The zero-order valence-electron chi connectivity index (χ0n) is 20.0. The molecule has 0 nitrogen and oxygen atoms in total. The van der Waals surface area contributed by atoms with E-state index in [1.807, 2.05) is 26.8 Å². The second-order valence-electron chi connectivity index (χ2n) is 8.30. The fourth-order valence-electron chi connectivity index (χ4n) is 2.46.